The molecule has 0 spiro atoms. The van der Waals surface area contributed by atoms with Crippen LogP contribution < -0.4 is 0 Å². The molecule has 0 bridgehead atoms. The first-order chi connectivity index (χ1) is 8.69. The van der Waals surface area contributed by atoms with Crippen LogP contribution in [0.4, 0.5) is 13.2 Å². The van der Waals surface area contributed by atoms with Gasteiger partial charge in [0.15, 0.2) is 5.78 Å². The number of allylic oxidation sites excluding steroid dienone is 2. The Morgan fingerprint density at radius 1 is 1.11 bits per heavy atom. The summed E-state index contributed by atoms with van der Waals surface area (Å²) in [5.74, 6) is -0.108. The first kappa shape index (κ1) is 13.8. The van der Waals surface area contributed by atoms with Gasteiger partial charge in [0.2, 0.25) is 0 Å². The molecule has 0 heterocycles. The summed E-state index contributed by atoms with van der Waals surface area (Å²) < 4.78 is 38.9. The summed E-state index contributed by atoms with van der Waals surface area (Å²) >= 11 is 0. The van der Waals surface area contributed by atoms with Gasteiger partial charge in [0.05, 0.1) is 5.56 Å². The molecule has 1 aromatic carbocycles. The summed E-state index contributed by atoms with van der Waals surface area (Å²) in [5, 5.41) is 0. The average molecular weight is 268 g/mol. The van der Waals surface area contributed by atoms with Crippen LogP contribution in [0.1, 0.15) is 37.8 Å². The van der Waals surface area contributed by atoms with Crippen LogP contribution in [0.5, 0.6) is 0 Å². The second-order valence-electron chi connectivity index (χ2n) is 5.70. The standard InChI is InChI=1S/C15H15F3O/c1-14(2)8-10(7-11(19)9-14)12-5-3-4-6-13(12)15(16,17)18/h3-7H,8-9H2,1-2H3. The summed E-state index contributed by atoms with van der Waals surface area (Å²) in [6, 6.07) is 5.42. The maximum atomic E-state index is 13.0. The van der Waals surface area contributed by atoms with Gasteiger partial charge in [-0.3, -0.25) is 4.79 Å². The van der Waals surface area contributed by atoms with Gasteiger partial charge >= 0.3 is 6.18 Å². The molecule has 0 amide bonds. The Balaban J connectivity index is 2.51. The molecule has 1 aliphatic rings. The first-order valence-electron chi connectivity index (χ1n) is 6.09. The van der Waals surface area contributed by atoms with Gasteiger partial charge in [0.1, 0.15) is 0 Å². The number of hydrogen-bond donors (Lipinski definition) is 0. The SMILES string of the molecule is CC1(C)CC(=O)C=C(c2ccccc2C(F)(F)F)C1. The Morgan fingerprint density at radius 3 is 2.32 bits per heavy atom. The lowest BCUT2D eigenvalue weighted by atomic mass is 9.74. The molecular weight excluding hydrogens is 253 g/mol. The predicted molar refractivity (Wildman–Crippen MR) is 67.4 cm³/mol. The molecule has 0 atom stereocenters. The number of ketones is 1. The zero-order valence-electron chi connectivity index (χ0n) is 10.8. The minimum Gasteiger partial charge on any atom is -0.295 e. The maximum absolute atomic E-state index is 13.0. The highest BCUT2D eigenvalue weighted by Gasteiger charge is 2.36. The molecule has 0 N–H and O–H groups in total. The molecule has 2 rings (SSSR count). The zero-order chi connectivity index (χ0) is 14.3. The van der Waals surface area contributed by atoms with Crippen molar-refractivity contribution in [2.75, 3.05) is 0 Å². The van der Waals surface area contributed by atoms with E-state index < -0.39 is 11.7 Å². The molecule has 0 aromatic heterocycles. The van der Waals surface area contributed by atoms with Crippen LogP contribution in [0.3, 0.4) is 0 Å². The molecule has 102 valence electrons. The molecule has 0 aliphatic heterocycles. The monoisotopic (exact) mass is 268 g/mol. The largest absolute Gasteiger partial charge is 0.416 e. The van der Waals surface area contributed by atoms with E-state index in [0.717, 1.165) is 6.07 Å². The summed E-state index contributed by atoms with van der Waals surface area (Å²) in [5.41, 5.74) is -0.364. The number of alkyl halides is 3. The Kier molecular flexibility index (Phi) is 3.29. The summed E-state index contributed by atoms with van der Waals surface area (Å²) in [6.07, 6.45) is -2.19. The quantitative estimate of drug-likeness (QED) is 0.734. The summed E-state index contributed by atoms with van der Waals surface area (Å²) in [4.78, 5) is 11.7. The van der Waals surface area contributed by atoms with Gasteiger partial charge < -0.3 is 0 Å². The fourth-order valence-electron chi connectivity index (χ4n) is 2.53. The van der Waals surface area contributed by atoms with E-state index in [9.17, 15) is 18.0 Å². The Bertz CT molecular complexity index is 539. The van der Waals surface area contributed by atoms with Crippen LogP contribution in [-0.4, -0.2) is 5.78 Å². The normalized spacial score (nSPS) is 19.2. The number of rotatable bonds is 1. The fraction of sp³-hybridized carbons (Fsp3) is 0.400. The van der Waals surface area contributed by atoms with Gasteiger partial charge in [-0.05, 0) is 35.1 Å². The summed E-state index contributed by atoms with van der Waals surface area (Å²) in [7, 11) is 0. The van der Waals surface area contributed by atoms with Gasteiger partial charge in [0.25, 0.3) is 0 Å². The number of halogens is 3. The van der Waals surface area contributed by atoms with Crippen LogP contribution >= 0.6 is 0 Å². The van der Waals surface area contributed by atoms with Gasteiger partial charge in [-0.2, -0.15) is 13.2 Å². The van der Waals surface area contributed by atoms with E-state index in [1.54, 1.807) is 6.07 Å². The molecule has 0 radical (unpaired) electrons. The Morgan fingerprint density at radius 2 is 1.74 bits per heavy atom. The number of hydrogen-bond acceptors (Lipinski definition) is 1. The average Bonchev–Trinajstić information content (AvgIpc) is 2.25. The van der Waals surface area contributed by atoms with Gasteiger partial charge in [-0.1, -0.05) is 32.0 Å². The lowest BCUT2D eigenvalue weighted by Gasteiger charge is -2.30. The lowest BCUT2D eigenvalue weighted by Crippen LogP contribution is -2.22. The van der Waals surface area contributed by atoms with Crippen molar-refractivity contribution in [1.29, 1.82) is 0 Å². The van der Waals surface area contributed by atoms with Crippen LogP contribution in [0.15, 0.2) is 30.3 Å². The number of benzene rings is 1. The topological polar surface area (TPSA) is 17.1 Å². The van der Waals surface area contributed by atoms with E-state index in [0.29, 0.717) is 18.4 Å². The molecule has 1 aromatic rings. The van der Waals surface area contributed by atoms with Gasteiger partial charge in [-0.15, -0.1) is 0 Å². The Labute approximate surface area is 110 Å². The number of carbonyl (C=O) groups is 1. The third kappa shape index (κ3) is 3.06. The van der Waals surface area contributed by atoms with Crippen molar-refractivity contribution in [3.63, 3.8) is 0 Å². The highest BCUT2D eigenvalue weighted by atomic mass is 19.4. The van der Waals surface area contributed by atoms with Crippen LogP contribution in [-0.2, 0) is 11.0 Å². The predicted octanol–water partition coefficient (Wildman–Crippen LogP) is 4.48. The first-order valence-corrected chi connectivity index (χ1v) is 6.09. The molecule has 1 nitrogen and oxygen atoms in total. The highest BCUT2D eigenvalue weighted by Crippen LogP contribution is 2.42. The molecule has 1 aliphatic carbocycles. The highest BCUT2D eigenvalue weighted by molar-refractivity contribution is 5.99. The van der Waals surface area contributed by atoms with E-state index in [2.05, 4.69) is 0 Å². The van der Waals surface area contributed by atoms with Crippen molar-refractivity contribution >= 4 is 11.4 Å². The summed E-state index contributed by atoms with van der Waals surface area (Å²) in [6.45, 7) is 3.79. The zero-order valence-corrected chi connectivity index (χ0v) is 10.8. The van der Waals surface area contributed by atoms with E-state index in [1.807, 2.05) is 13.8 Å². The minimum absolute atomic E-state index is 0.108. The van der Waals surface area contributed by atoms with Crippen LogP contribution in [0, 0.1) is 5.41 Å². The van der Waals surface area contributed by atoms with E-state index >= 15 is 0 Å². The van der Waals surface area contributed by atoms with Gasteiger partial charge in [-0.25, -0.2) is 0 Å². The smallest absolute Gasteiger partial charge is 0.295 e. The van der Waals surface area contributed by atoms with Crippen molar-refractivity contribution in [2.24, 2.45) is 5.41 Å². The second-order valence-corrected chi connectivity index (χ2v) is 5.70. The van der Waals surface area contributed by atoms with Crippen molar-refractivity contribution in [2.45, 2.75) is 32.9 Å². The molecule has 0 unspecified atom stereocenters. The van der Waals surface area contributed by atoms with Crippen LogP contribution in [0.2, 0.25) is 0 Å². The molecular formula is C15H15F3O. The van der Waals surface area contributed by atoms with E-state index in [1.165, 1.54) is 18.2 Å². The van der Waals surface area contributed by atoms with Crippen molar-refractivity contribution in [1.82, 2.24) is 0 Å². The van der Waals surface area contributed by atoms with Crippen molar-refractivity contribution in [3.05, 3.63) is 41.5 Å². The second kappa shape index (κ2) is 4.51. The number of carbonyl (C=O) groups excluding carboxylic acids is 1. The molecule has 4 heteroatoms. The van der Waals surface area contributed by atoms with E-state index in [-0.39, 0.29) is 16.8 Å². The lowest BCUT2D eigenvalue weighted by molar-refractivity contribution is -0.137. The van der Waals surface area contributed by atoms with E-state index in [4.69, 9.17) is 0 Å². The molecule has 0 fully saturated rings. The van der Waals surface area contributed by atoms with Crippen molar-refractivity contribution < 1.29 is 18.0 Å². The Hall–Kier alpha value is -1.58. The van der Waals surface area contributed by atoms with Crippen molar-refractivity contribution in [3.8, 4) is 0 Å². The molecule has 0 saturated carbocycles. The minimum atomic E-state index is -4.40. The molecule has 0 saturated heterocycles. The maximum Gasteiger partial charge on any atom is 0.416 e. The third-order valence-corrected chi connectivity index (χ3v) is 3.24. The van der Waals surface area contributed by atoms with Gasteiger partial charge in [0, 0.05) is 6.42 Å². The van der Waals surface area contributed by atoms with Crippen LogP contribution in [0.25, 0.3) is 5.57 Å². The third-order valence-electron chi connectivity index (χ3n) is 3.24. The fourth-order valence-corrected chi connectivity index (χ4v) is 2.53. The molecule has 19 heavy (non-hydrogen) atoms.